The minimum absolute atomic E-state index is 0.109. The third-order valence-corrected chi connectivity index (χ3v) is 4.09. The molecule has 0 radical (unpaired) electrons. The van der Waals surface area contributed by atoms with Crippen molar-refractivity contribution in [2.24, 2.45) is 11.3 Å². The Bertz CT molecular complexity index is 401. The lowest BCUT2D eigenvalue weighted by atomic mass is 9.99. The normalized spacial score (nSPS) is 12.8. The lowest BCUT2D eigenvalue weighted by Crippen LogP contribution is -2.45. The molecular weight excluding hydrogens is 330 g/mol. The van der Waals surface area contributed by atoms with Gasteiger partial charge in [-0.3, -0.25) is 4.90 Å². The summed E-state index contributed by atoms with van der Waals surface area (Å²) in [5.41, 5.74) is -0.109. The number of unbranched alkanes of at least 4 members (excludes halogenated alkanes) is 5. The summed E-state index contributed by atoms with van der Waals surface area (Å²) in [6.45, 7) is 13.0. The largest absolute Gasteiger partial charge is 0.464 e. The van der Waals surface area contributed by atoms with Crippen LogP contribution in [0.5, 0.6) is 0 Å². The first-order chi connectivity index (χ1) is 12.1. The Hall–Kier alpha value is -1.26. The van der Waals surface area contributed by atoms with Crippen molar-refractivity contribution >= 4 is 12.1 Å². The van der Waals surface area contributed by atoms with E-state index >= 15 is 0 Å². The first kappa shape index (κ1) is 24.7. The number of nitrogens with zero attached hydrogens (tertiary/aromatic N) is 1. The van der Waals surface area contributed by atoms with Crippen LogP contribution in [0.25, 0.3) is 0 Å². The second-order valence-electron chi connectivity index (χ2n) is 8.81. The minimum atomic E-state index is -0.595. The monoisotopic (exact) mass is 371 g/mol. The zero-order valence-electron chi connectivity index (χ0n) is 18.1. The van der Waals surface area contributed by atoms with Gasteiger partial charge in [0.05, 0.1) is 13.2 Å². The van der Waals surface area contributed by atoms with Crippen LogP contribution in [0.3, 0.4) is 0 Å². The van der Waals surface area contributed by atoms with Gasteiger partial charge in [0.1, 0.15) is 6.04 Å². The van der Waals surface area contributed by atoms with Gasteiger partial charge < -0.3 is 9.47 Å². The number of amides is 1. The Morgan fingerprint density at radius 3 is 2.08 bits per heavy atom. The Balaban J connectivity index is 4.47. The van der Waals surface area contributed by atoms with Crippen molar-refractivity contribution in [1.29, 1.82) is 0 Å². The smallest absolute Gasteiger partial charge is 0.410 e. The van der Waals surface area contributed by atoms with E-state index in [1.807, 2.05) is 34.6 Å². The van der Waals surface area contributed by atoms with Gasteiger partial charge in [-0.15, -0.1) is 0 Å². The molecule has 0 bridgehead atoms. The van der Waals surface area contributed by atoms with E-state index in [-0.39, 0.29) is 17.3 Å². The van der Waals surface area contributed by atoms with Crippen LogP contribution in [-0.4, -0.2) is 43.3 Å². The van der Waals surface area contributed by atoms with Gasteiger partial charge >= 0.3 is 12.1 Å². The fourth-order valence-electron chi connectivity index (χ4n) is 2.52. The van der Waals surface area contributed by atoms with Crippen LogP contribution in [0.15, 0.2) is 0 Å². The second-order valence-corrected chi connectivity index (χ2v) is 8.81. The summed E-state index contributed by atoms with van der Waals surface area (Å²) in [7, 11) is 1.62. The van der Waals surface area contributed by atoms with Gasteiger partial charge in [-0.1, -0.05) is 73.6 Å². The lowest BCUT2D eigenvalue weighted by molar-refractivity contribution is -0.149. The SMILES string of the molecule is CCCCCCCCOC(=O)C(CC(C)C)N(C)C(=O)OCC(C)(C)C. The van der Waals surface area contributed by atoms with E-state index in [1.165, 1.54) is 30.6 Å². The van der Waals surface area contributed by atoms with Crippen molar-refractivity contribution in [2.75, 3.05) is 20.3 Å². The van der Waals surface area contributed by atoms with E-state index in [0.717, 1.165) is 12.8 Å². The molecule has 0 aromatic rings. The van der Waals surface area contributed by atoms with Gasteiger partial charge in [-0.25, -0.2) is 9.59 Å². The molecule has 0 aliphatic carbocycles. The quantitative estimate of drug-likeness (QED) is 0.339. The summed E-state index contributed by atoms with van der Waals surface area (Å²) in [5.74, 6) is -0.0538. The fourth-order valence-corrected chi connectivity index (χ4v) is 2.52. The highest BCUT2D eigenvalue weighted by Gasteiger charge is 2.30. The van der Waals surface area contributed by atoms with Crippen molar-refractivity contribution in [3.63, 3.8) is 0 Å². The number of carbonyl (C=O) groups is 2. The molecule has 154 valence electrons. The maximum absolute atomic E-state index is 12.5. The standard InChI is InChI=1S/C21H41NO4/c1-8-9-10-11-12-13-14-25-19(23)18(15-17(2)3)22(7)20(24)26-16-21(4,5)6/h17-18H,8-16H2,1-7H3. The molecule has 0 saturated heterocycles. The molecule has 0 aromatic heterocycles. The van der Waals surface area contributed by atoms with Gasteiger partial charge in [0.25, 0.3) is 0 Å². The third kappa shape index (κ3) is 12.2. The first-order valence-corrected chi connectivity index (χ1v) is 10.1. The molecule has 26 heavy (non-hydrogen) atoms. The molecule has 0 aliphatic rings. The number of hydrogen-bond donors (Lipinski definition) is 0. The summed E-state index contributed by atoms with van der Waals surface area (Å²) >= 11 is 0. The molecule has 0 aromatic carbocycles. The number of likely N-dealkylation sites (N-methyl/N-ethyl adjacent to an activating group) is 1. The molecule has 1 atom stereocenters. The number of esters is 1. The van der Waals surface area contributed by atoms with Crippen LogP contribution in [-0.2, 0) is 14.3 Å². The summed E-state index contributed by atoms with van der Waals surface area (Å²) in [6.07, 6.45) is 6.95. The van der Waals surface area contributed by atoms with E-state index < -0.39 is 12.1 Å². The number of carbonyl (C=O) groups excluding carboxylic acids is 2. The highest BCUT2D eigenvalue weighted by atomic mass is 16.6. The Morgan fingerprint density at radius 2 is 1.54 bits per heavy atom. The average Bonchev–Trinajstić information content (AvgIpc) is 2.55. The highest BCUT2D eigenvalue weighted by molar-refractivity contribution is 5.81. The topological polar surface area (TPSA) is 55.8 Å². The Morgan fingerprint density at radius 1 is 0.962 bits per heavy atom. The van der Waals surface area contributed by atoms with Gasteiger partial charge in [-0.2, -0.15) is 0 Å². The van der Waals surface area contributed by atoms with E-state index in [4.69, 9.17) is 9.47 Å². The molecule has 0 fully saturated rings. The second kappa shape index (κ2) is 13.0. The molecule has 0 rings (SSSR count). The minimum Gasteiger partial charge on any atom is -0.464 e. The molecule has 0 N–H and O–H groups in total. The maximum atomic E-state index is 12.5. The molecule has 0 aliphatic heterocycles. The predicted molar refractivity (Wildman–Crippen MR) is 106 cm³/mol. The predicted octanol–water partition coefficient (Wildman–Crippen LogP) is 5.42. The van der Waals surface area contributed by atoms with Crippen LogP contribution >= 0.6 is 0 Å². The van der Waals surface area contributed by atoms with Gasteiger partial charge in [-0.05, 0) is 24.2 Å². The van der Waals surface area contributed by atoms with Crippen molar-refractivity contribution in [3.05, 3.63) is 0 Å². The molecule has 0 saturated carbocycles. The van der Waals surface area contributed by atoms with Gasteiger partial charge in [0, 0.05) is 7.05 Å². The lowest BCUT2D eigenvalue weighted by Gasteiger charge is -2.28. The van der Waals surface area contributed by atoms with E-state index in [1.54, 1.807) is 7.05 Å². The number of hydrogen-bond acceptors (Lipinski definition) is 4. The highest BCUT2D eigenvalue weighted by Crippen LogP contribution is 2.17. The Labute approximate surface area is 160 Å². The van der Waals surface area contributed by atoms with Crippen molar-refractivity contribution in [2.45, 2.75) is 92.5 Å². The van der Waals surface area contributed by atoms with E-state index in [0.29, 0.717) is 19.6 Å². The zero-order valence-corrected chi connectivity index (χ0v) is 18.1. The fraction of sp³-hybridized carbons (Fsp3) is 0.905. The van der Waals surface area contributed by atoms with Crippen LogP contribution in [0.1, 0.15) is 86.5 Å². The molecule has 1 amide bonds. The van der Waals surface area contributed by atoms with Crippen molar-refractivity contribution in [1.82, 2.24) is 4.90 Å². The molecule has 5 heteroatoms. The molecule has 5 nitrogen and oxygen atoms in total. The number of rotatable bonds is 12. The van der Waals surface area contributed by atoms with Crippen molar-refractivity contribution in [3.8, 4) is 0 Å². The zero-order chi connectivity index (χ0) is 20.2. The molecule has 1 unspecified atom stereocenters. The summed E-state index contributed by atoms with van der Waals surface area (Å²) in [5, 5.41) is 0. The van der Waals surface area contributed by atoms with Crippen LogP contribution in [0.4, 0.5) is 4.79 Å². The van der Waals surface area contributed by atoms with E-state index in [2.05, 4.69) is 6.92 Å². The summed E-state index contributed by atoms with van der Waals surface area (Å²) < 4.78 is 10.8. The Kier molecular flexibility index (Phi) is 12.4. The van der Waals surface area contributed by atoms with E-state index in [9.17, 15) is 9.59 Å². The van der Waals surface area contributed by atoms with Gasteiger partial charge in [0.15, 0.2) is 0 Å². The first-order valence-electron chi connectivity index (χ1n) is 10.1. The summed E-state index contributed by atoms with van der Waals surface area (Å²) in [6, 6.07) is -0.595. The number of ether oxygens (including phenoxy) is 2. The molecule has 0 spiro atoms. The van der Waals surface area contributed by atoms with Crippen LogP contribution in [0, 0.1) is 11.3 Å². The molecular formula is C21H41NO4. The third-order valence-electron chi connectivity index (χ3n) is 4.09. The van der Waals surface area contributed by atoms with Crippen molar-refractivity contribution < 1.29 is 19.1 Å². The van der Waals surface area contributed by atoms with Gasteiger partial charge in [0.2, 0.25) is 0 Å². The van der Waals surface area contributed by atoms with Crippen LogP contribution < -0.4 is 0 Å². The maximum Gasteiger partial charge on any atom is 0.410 e. The summed E-state index contributed by atoms with van der Waals surface area (Å²) in [4.78, 5) is 26.2. The molecule has 0 heterocycles. The van der Waals surface area contributed by atoms with Crippen LogP contribution in [0.2, 0.25) is 0 Å². The average molecular weight is 372 g/mol.